The zero-order valence-corrected chi connectivity index (χ0v) is 23.2. The molecule has 0 radical (unpaired) electrons. The summed E-state index contributed by atoms with van der Waals surface area (Å²) in [6.07, 6.45) is -4.21. The van der Waals surface area contributed by atoms with Gasteiger partial charge in [-0.3, -0.25) is 0 Å². The molecular formula is C31H28O14. The van der Waals surface area contributed by atoms with Crippen molar-refractivity contribution in [3.63, 3.8) is 0 Å². The summed E-state index contributed by atoms with van der Waals surface area (Å²) in [5.74, 6) is -5.75. The Labute approximate surface area is 254 Å². The third-order valence-corrected chi connectivity index (χ3v) is 6.43. The van der Waals surface area contributed by atoms with Crippen LogP contribution in [0.2, 0.25) is 0 Å². The van der Waals surface area contributed by atoms with Crippen LogP contribution < -0.4 is 0 Å². The van der Waals surface area contributed by atoms with Crippen molar-refractivity contribution in [3.05, 3.63) is 89.5 Å². The molecular weight excluding hydrogens is 596 g/mol. The molecule has 0 saturated carbocycles. The topological polar surface area (TPSA) is 230 Å². The third-order valence-electron chi connectivity index (χ3n) is 6.43. The highest BCUT2D eigenvalue weighted by atomic mass is 16.7. The van der Waals surface area contributed by atoms with Gasteiger partial charge in [-0.1, -0.05) is 24.3 Å². The van der Waals surface area contributed by atoms with Crippen molar-refractivity contribution in [1.82, 2.24) is 0 Å². The fourth-order valence-electron chi connectivity index (χ4n) is 4.04. The van der Waals surface area contributed by atoms with Crippen molar-refractivity contribution in [2.75, 3.05) is 6.61 Å². The smallest absolute Gasteiger partial charge is 0.340 e. The lowest BCUT2D eigenvalue weighted by Gasteiger charge is -2.40. The van der Waals surface area contributed by atoms with E-state index in [-0.39, 0.29) is 11.5 Å². The number of aromatic hydroxyl groups is 5. The van der Waals surface area contributed by atoms with Crippen LogP contribution in [0.3, 0.4) is 0 Å². The van der Waals surface area contributed by atoms with E-state index in [0.29, 0.717) is 11.1 Å². The number of benzene rings is 3. The lowest BCUT2D eigenvalue weighted by Crippen LogP contribution is -2.61. The minimum Gasteiger partial charge on any atom is -0.508 e. The van der Waals surface area contributed by atoms with Crippen molar-refractivity contribution in [2.24, 2.45) is 0 Å². The molecule has 1 aliphatic rings. The number of aliphatic hydroxyl groups excluding tert-OH is 2. The van der Waals surface area contributed by atoms with Crippen LogP contribution in [0.5, 0.6) is 28.7 Å². The van der Waals surface area contributed by atoms with Gasteiger partial charge in [-0.2, -0.15) is 0 Å². The molecule has 0 unspecified atom stereocenters. The average molecular weight is 625 g/mol. The predicted molar refractivity (Wildman–Crippen MR) is 153 cm³/mol. The van der Waals surface area contributed by atoms with Crippen molar-refractivity contribution < 1.29 is 69.1 Å². The van der Waals surface area contributed by atoms with Gasteiger partial charge in [0.15, 0.2) is 23.4 Å². The Bertz CT molecular complexity index is 1550. The summed E-state index contributed by atoms with van der Waals surface area (Å²) in [4.78, 5) is 37.7. The zero-order chi connectivity index (χ0) is 32.7. The number of aliphatic hydroxyl groups is 2. The second kappa shape index (κ2) is 14.3. The number of carbonyl (C=O) groups is 3. The van der Waals surface area contributed by atoms with Gasteiger partial charge in [-0.25, -0.2) is 14.4 Å². The van der Waals surface area contributed by atoms with Crippen molar-refractivity contribution in [2.45, 2.75) is 30.7 Å². The van der Waals surface area contributed by atoms with E-state index in [1.54, 1.807) is 0 Å². The number of hydrogen-bond acceptors (Lipinski definition) is 14. The minimum absolute atomic E-state index is 0.000267. The van der Waals surface area contributed by atoms with Crippen molar-refractivity contribution in [1.29, 1.82) is 0 Å². The summed E-state index contributed by atoms with van der Waals surface area (Å²) < 4.78 is 21.2. The molecule has 7 N–H and O–H groups in total. The maximum Gasteiger partial charge on any atom is 0.340 e. The fourth-order valence-corrected chi connectivity index (χ4v) is 4.04. The van der Waals surface area contributed by atoms with Gasteiger partial charge in [-0.05, 0) is 59.7 Å². The molecule has 0 aromatic heterocycles. The molecule has 0 amide bonds. The maximum absolute atomic E-state index is 12.9. The number of phenolic OH excluding ortho intramolecular Hbond substituents is 5. The maximum atomic E-state index is 12.9. The minimum atomic E-state index is -1.93. The number of carbonyl (C=O) groups excluding carboxylic acids is 3. The molecule has 236 valence electrons. The second-order valence-electron chi connectivity index (χ2n) is 9.67. The first-order chi connectivity index (χ1) is 21.4. The molecule has 1 heterocycles. The van der Waals surface area contributed by atoms with Crippen LogP contribution in [0.4, 0.5) is 0 Å². The standard InChI is InChI=1S/C31H28O14/c32-19-7-1-16(2-8-19)5-11-24(36)42-15-23-27(39)28(40)29(44-25(37)12-6-17-3-9-20(33)10-4-17)31(43-23)45-30(41)18-13-21(34)26(38)22(35)14-18/h1-14,23,27-29,31-35,38-40H,15H2/b11-5+,12-6+/t23-,27-,28+,29-,31+/m1/s1. The van der Waals surface area contributed by atoms with Crippen LogP contribution in [-0.4, -0.2) is 91.0 Å². The van der Waals surface area contributed by atoms with Crippen LogP contribution >= 0.6 is 0 Å². The number of ether oxygens (including phenoxy) is 4. The Morgan fingerprint density at radius 2 is 1.22 bits per heavy atom. The summed E-state index contributed by atoms with van der Waals surface area (Å²) in [5, 5.41) is 69.4. The van der Waals surface area contributed by atoms with Crippen molar-refractivity contribution >= 4 is 30.1 Å². The first-order valence-corrected chi connectivity index (χ1v) is 13.2. The van der Waals surface area contributed by atoms with Gasteiger partial charge in [0.05, 0.1) is 5.56 Å². The normalized spacial score (nSPS) is 21.4. The van der Waals surface area contributed by atoms with Crippen LogP contribution in [0.15, 0.2) is 72.8 Å². The Hall–Kier alpha value is -5.57. The number of rotatable bonds is 9. The molecule has 3 aromatic rings. The first kappa shape index (κ1) is 32.3. The summed E-state index contributed by atoms with van der Waals surface area (Å²) in [6, 6.07) is 13.2. The second-order valence-corrected chi connectivity index (χ2v) is 9.67. The SMILES string of the molecule is O=C(/C=C/c1ccc(O)cc1)OC[C@H]1O[C@@H](OC(=O)c2cc(O)c(O)c(O)c2)[C@H](OC(=O)/C=C/c2ccc(O)cc2)[C@@H](O)[C@@H]1O. The van der Waals surface area contributed by atoms with Crippen LogP contribution in [-0.2, 0) is 28.5 Å². The Morgan fingerprint density at radius 3 is 1.76 bits per heavy atom. The zero-order valence-electron chi connectivity index (χ0n) is 23.2. The van der Waals surface area contributed by atoms with Crippen LogP contribution in [0.25, 0.3) is 12.2 Å². The third kappa shape index (κ3) is 8.51. The lowest BCUT2D eigenvalue weighted by molar-refractivity contribution is -0.289. The molecule has 45 heavy (non-hydrogen) atoms. The monoisotopic (exact) mass is 624 g/mol. The van der Waals surface area contributed by atoms with Gasteiger partial charge in [0.1, 0.15) is 36.4 Å². The number of hydrogen-bond donors (Lipinski definition) is 7. The summed E-state index contributed by atoms with van der Waals surface area (Å²) in [6.45, 7) is -0.646. The van der Waals surface area contributed by atoms with E-state index in [9.17, 15) is 50.1 Å². The van der Waals surface area contributed by atoms with Crippen LogP contribution in [0, 0.1) is 0 Å². The molecule has 1 aliphatic heterocycles. The highest BCUT2D eigenvalue weighted by Crippen LogP contribution is 2.36. The molecule has 1 fully saturated rings. The number of esters is 3. The molecule has 0 aliphatic carbocycles. The van der Waals surface area contributed by atoms with E-state index in [1.807, 2.05) is 0 Å². The van der Waals surface area contributed by atoms with Gasteiger partial charge in [0.25, 0.3) is 0 Å². The summed E-state index contributed by atoms with van der Waals surface area (Å²) >= 11 is 0. The van der Waals surface area contributed by atoms with Crippen molar-refractivity contribution in [3.8, 4) is 28.7 Å². The molecule has 0 spiro atoms. The van der Waals surface area contributed by atoms with E-state index in [0.717, 1.165) is 24.3 Å². The number of phenols is 5. The largest absolute Gasteiger partial charge is 0.508 e. The van der Waals surface area contributed by atoms with E-state index >= 15 is 0 Å². The van der Waals surface area contributed by atoms with E-state index in [1.165, 1.54) is 60.7 Å². The average Bonchev–Trinajstić information content (AvgIpc) is 3.01. The molecule has 14 nitrogen and oxygen atoms in total. The van der Waals surface area contributed by atoms with E-state index < -0.39 is 78.0 Å². The van der Waals surface area contributed by atoms with E-state index in [4.69, 9.17) is 18.9 Å². The molecule has 5 atom stereocenters. The highest BCUT2D eigenvalue weighted by molar-refractivity contribution is 5.91. The van der Waals surface area contributed by atoms with Crippen LogP contribution in [0.1, 0.15) is 21.5 Å². The Balaban J connectivity index is 1.49. The Kier molecular flexibility index (Phi) is 10.3. The lowest BCUT2D eigenvalue weighted by atomic mass is 9.99. The van der Waals surface area contributed by atoms with Gasteiger partial charge in [0, 0.05) is 12.2 Å². The molecule has 1 saturated heterocycles. The summed E-state index contributed by atoms with van der Waals surface area (Å²) in [5.41, 5.74) is 0.602. The summed E-state index contributed by atoms with van der Waals surface area (Å²) in [7, 11) is 0. The fraction of sp³-hybridized carbons (Fsp3) is 0.194. The molecule has 4 rings (SSSR count). The van der Waals surface area contributed by atoms with E-state index in [2.05, 4.69) is 0 Å². The van der Waals surface area contributed by atoms with Gasteiger partial charge in [0.2, 0.25) is 6.29 Å². The Morgan fingerprint density at radius 1 is 0.711 bits per heavy atom. The van der Waals surface area contributed by atoms with Gasteiger partial charge >= 0.3 is 17.9 Å². The molecule has 3 aromatic carbocycles. The first-order valence-electron chi connectivity index (χ1n) is 13.2. The van der Waals surface area contributed by atoms with Gasteiger partial charge < -0.3 is 54.7 Å². The quantitative estimate of drug-likeness (QED) is 0.0778. The van der Waals surface area contributed by atoms with Gasteiger partial charge in [-0.15, -0.1) is 0 Å². The molecule has 0 bridgehead atoms. The highest BCUT2D eigenvalue weighted by Gasteiger charge is 2.49. The molecule has 14 heteroatoms. The predicted octanol–water partition coefficient (Wildman–Crippen LogP) is 1.70.